The van der Waals surface area contributed by atoms with Gasteiger partial charge in [-0.3, -0.25) is 9.59 Å². The molecule has 2 aliphatic carbocycles. The van der Waals surface area contributed by atoms with E-state index in [1.807, 2.05) is 13.8 Å². The van der Waals surface area contributed by atoms with Crippen LogP contribution in [0.25, 0.3) is 0 Å². The Kier molecular flexibility index (Phi) is 3.34. The van der Waals surface area contributed by atoms with E-state index >= 15 is 0 Å². The third kappa shape index (κ3) is 2.01. The quantitative estimate of drug-likeness (QED) is 0.823. The summed E-state index contributed by atoms with van der Waals surface area (Å²) in [6, 6.07) is 4.88. The maximum Gasteiger partial charge on any atom is 0.238 e. The van der Waals surface area contributed by atoms with Crippen LogP contribution in [0.5, 0.6) is 0 Å². The highest BCUT2D eigenvalue weighted by molar-refractivity contribution is 6.35. The lowest BCUT2D eigenvalue weighted by Crippen LogP contribution is -2.46. The summed E-state index contributed by atoms with van der Waals surface area (Å²) in [7, 11) is 0. The van der Waals surface area contributed by atoms with Crippen LogP contribution in [0.4, 0.5) is 5.69 Å². The van der Waals surface area contributed by atoms with Gasteiger partial charge in [-0.05, 0) is 42.4 Å². The van der Waals surface area contributed by atoms with Gasteiger partial charge in [-0.25, -0.2) is 0 Å². The summed E-state index contributed by atoms with van der Waals surface area (Å²) in [5.41, 5.74) is -0.672. The van der Waals surface area contributed by atoms with Crippen molar-refractivity contribution in [2.24, 2.45) is 16.7 Å². The lowest BCUT2D eigenvalue weighted by Gasteiger charge is -2.34. The third-order valence-corrected chi connectivity index (χ3v) is 5.84. The number of benzene rings is 1. The van der Waals surface area contributed by atoms with Crippen LogP contribution < -0.4 is 5.32 Å². The number of fused-ring (bicyclic) bond motifs is 2. The van der Waals surface area contributed by atoms with Gasteiger partial charge in [0.25, 0.3) is 0 Å². The van der Waals surface area contributed by atoms with Gasteiger partial charge in [-0.15, -0.1) is 0 Å². The van der Waals surface area contributed by atoms with E-state index in [0.717, 1.165) is 6.42 Å². The van der Waals surface area contributed by atoms with E-state index in [1.165, 1.54) is 0 Å². The standard InChI is InChI=1S/C16H17Cl2NO2/c1-15(2)9-3-4-16(15,13(20)5-9)14(21)19-12-7-10(17)6-11(18)8-12/h6-9H,3-5H2,1-2H3,(H,19,21). The van der Waals surface area contributed by atoms with Crippen molar-refractivity contribution in [3.63, 3.8) is 0 Å². The van der Waals surface area contributed by atoms with E-state index in [0.29, 0.717) is 34.5 Å². The summed E-state index contributed by atoms with van der Waals surface area (Å²) in [5, 5.41) is 3.75. The molecule has 5 heteroatoms. The number of anilines is 1. The minimum atomic E-state index is -0.910. The van der Waals surface area contributed by atoms with Gasteiger partial charge in [0, 0.05) is 22.2 Å². The normalized spacial score (nSPS) is 29.7. The van der Waals surface area contributed by atoms with Gasteiger partial charge in [0.05, 0.1) is 0 Å². The molecule has 1 aromatic carbocycles. The zero-order chi connectivity index (χ0) is 15.4. The van der Waals surface area contributed by atoms with E-state index in [9.17, 15) is 9.59 Å². The lowest BCUT2D eigenvalue weighted by molar-refractivity contribution is -0.141. The molecule has 2 atom stereocenters. The predicted octanol–water partition coefficient (Wildman–Crippen LogP) is 4.33. The molecule has 0 spiro atoms. The summed E-state index contributed by atoms with van der Waals surface area (Å²) >= 11 is 11.9. The Morgan fingerprint density at radius 1 is 1.24 bits per heavy atom. The van der Waals surface area contributed by atoms with E-state index in [2.05, 4.69) is 5.32 Å². The van der Waals surface area contributed by atoms with Gasteiger partial charge in [0.1, 0.15) is 11.2 Å². The second-order valence-electron chi connectivity index (χ2n) is 6.60. The number of hydrogen-bond acceptors (Lipinski definition) is 2. The number of carbonyl (C=O) groups excluding carboxylic acids is 2. The first-order chi connectivity index (χ1) is 9.77. The van der Waals surface area contributed by atoms with E-state index in [-0.39, 0.29) is 17.1 Å². The predicted molar refractivity (Wildman–Crippen MR) is 83.7 cm³/mol. The molecule has 2 fully saturated rings. The summed E-state index contributed by atoms with van der Waals surface area (Å²) in [4.78, 5) is 25.3. The fourth-order valence-corrected chi connectivity index (χ4v) is 4.60. The van der Waals surface area contributed by atoms with Gasteiger partial charge in [-0.2, -0.15) is 0 Å². The van der Waals surface area contributed by atoms with Crippen LogP contribution >= 0.6 is 23.2 Å². The second kappa shape index (κ2) is 4.72. The minimum absolute atomic E-state index is 0.0642. The summed E-state index contributed by atoms with van der Waals surface area (Å²) < 4.78 is 0. The molecule has 2 bridgehead atoms. The molecular weight excluding hydrogens is 309 g/mol. The minimum Gasteiger partial charge on any atom is -0.325 e. The van der Waals surface area contributed by atoms with E-state index < -0.39 is 5.41 Å². The van der Waals surface area contributed by atoms with Crippen LogP contribution in [-0.4, -0.2) is 11.7 Å². The van der Waals surface area contributed by atoms with Crippen molar-refractivity contribution in [2.45, 2.75) is 33.1 Å². The first-order valence-corrected chi connectivity index (χ1v) is 7.84. The van der Waals surface area contributed by atoms with Crippen molar-refractivity contribution >= 4 is 40.6 Å². The van der Waals surface area contributed by atoms with Crippen molar-refractivity contribution in [1.29, 1.82) is 0 Å². The topological polar surface area (TPSA) is 46.2 Å². The summed E-state index contributed by atoms with van der Waals surface area (Å²) in [6.45, 7) is 4.06. The number of carbonyl (C=O) groups is 2. The molecule has 1 amide bonds. The lowest BCUT2D eigenvalue weighted by atomic mass is 9.68. The molecule has 112 valence electrons. The van der Waals surface area contributed by atoms with Crippen molar-refractivity contribution < 1.29 is 9.59 Å². The molecule has 0 heterocycles. The number of halogens is 2. The van der Waals surface area contributed by atoms with Crippen LogP contribution in [0.1, 0.15) is 33.1 Å². The number of Topliss-reactive ketones (excluding diaryl/α,β-unsaturated/α-hetero) is 1. The Balaban J connectivity index is 1.93. The van der Waals surface area contributed by atoms with Gasteiger partial charge >= 0.3 is 0 Å². The monoisotopic (exact) mass is 325 g/mol. The molecule has 1 N–H and O–H groups in total. The molecule has 3 nitrogen and oxygen atoms in total. The smallest absolute Gasteiger partial charge is 0.238 e. The van der Waals surface area contributed by atoms with Crippen LogP contribution in [0.2, 0.25) is 10.0 Å². The molecule has 2 aliphatic rings. The zero-order valence-electron chi connectivity index (χ0n) is 12.0. The number of nitrogens with one attached hydrogen (secondary N) is 1. The SMILES string of the molecule is CC1(C)C2CCC1(C(=O)Nc1cc(Cl)cc(Cl)c1)C(=O)C2. The second-order valence-corrected chi connectivity index (χ2v) is 7.48. The number of hydrogen-bond donors (Lipinski definition) is 1. The molecule has 3 rings (SSSR count). The number of ketones is 1. The molecule has 0 saturated heterocycles. The van der Waals surface area contributed by atoms with Crippen molar-refractivity contribution in [3.8, 4) is 0 Å². The highest BCUT2D eigenvalue weighted by Crippen LogP contribution is 2.64. The highest BCUT2D eigenvalue weighted by atomic mass is 35.5. The molecule has 21 heavy (non-hydrogen) atoms. The van der Waals surface area contributed by atoms with Crippen LogP contribution in [0.3, 0.4) is 0 Å². The molecule has 0 radical (unpaired) electrons. The average Bonchev–Trinajstić information content (AvgIpc) is 2.71. The number of rotatable bonds is 2. The molecule has 0 aromatic heterocycles. The van der Waals surface area contributed by atoms with Crippen LogP contribution in [-0.2, 0) is 9.59 Å². The van der Waals surface area contributed by atoms with Gasteiger partial charge < -0.3 is 5.32 Å². The Labute approximate surface area is 134 Å². The molecule has 2 unspecified atom stereocenters. The Hall–Kier alpha value is -1.06. The molecule has 1 aromatic rings. The Morgan fingerprint density at radius 3 is 2.33 bits per heavy atom. The maximum absolute atomic E-state index is 12.8. The average molecular weight is 326 g/mol. The van der Waals surface area contributed by atoms with Crippen molar-refractivity contribution in [3.05, 3.63) is 28.2 Å². The molecule has 0 aliphatic heterocycles. The number of amides is 1. The van der Waals surface area contributed by atoms with Crippen LogP contribution in [0, 0.1) is 16.7 Å². The summed E-state index contributed by atoms with van der Waals surface area (Å²) in [5.74, 6) is 0.143. The third-order valence-electron chi connectivity index (χ3n) is 5.40. The maximum atomic E-state index is 12.8. The van der Waals surface area contributed by atoms with Crippen molar-refractivity contribution in [1.82, 2.24) is 0 Å². The van der Waals surface area contributed by atoms with E-state index in [1.54, 1.807) is 18.2 Å². The largest absolute Gasteiger partial charge is 0.325 e. The van der Waals surface area contributed by atoms with Crippen LogP contribution in [0.15, 0.2) is 18.2 Å². The van der Waals surface area contributed by atoms with Gasteiger partial charge in [-0.1, -0.05) is 37.0 Å². The molecule has 2 saturated carbocycles. The van der Waals surface area contributed by atoms with E-state index in [4.69, 9.17) is 23.2 Å². The van der Waals surface area contributed by atoms with Gasteiger partial charge in [0.15, 0.2) is 0 Å². The molecular formula is C16H17Cl2NO2. The first kappa shape index (κ1) is 14.9. The highest BCUT2D eigenvalue weighted by Gasteiger charge is 2.68. The first-order valence-electron chi connectivity index (χ1n) is 7.08. The Bertz CT molecular complexity index is 621. The van der Waals surface area contributed by atoms with Crippen molar-refractivity contribution in [2.75, 3.05) is 5.32 Å². The summed E-state index contributed by atoms with van der Waals surface area (Å²) in [6.07, 6.45) is 2.07. The van der Waals surface area contributed by atoms with Gasteiger partial charge in [0.2, 0.25) is 5.91 Å². The fourth-order valence-electron chi connectivity index (χ4n) is 4.07. The fraction of sp³-hybridized carbons (Fsp3) is 0.500. The zero-order valence-corrected chi connectivity index (χ0v) is 13.5. The Morgan fingerprint density at radius 2 is 1.86 bits per heavy atom.